The first-order valence-corrected chi connectivity index (χ1v) is 11.9. The third kappa shape index (κ3) is 6.78. The summed E-state index contributed by atoms with van der Waals surface area (Å²) in [5.41, 5.74) is 2.31. The van der Waals surface area contributed by atoms with Gasteiger partial charge in [0.1, 0.15) is 16.8 Å². The Bertz CT molecular complexity index is 1280. The number of urea groups is 1. The summed E-state index contributed by atoms with van der Waals surface area (Å²) in [5, 5.41) is 18.0. The third-order valence-corrected chi connectivity index (χ3v) is 6.14. The van der Waals surface area contributed by atoms with Crippen LogP contribution >= 0.6 is 22.9 Å². The van der Waals surface area contributed by atoms with E-state index in [1.165, 1.54) is 11.3 Å². The highest BCUT2D eigenvalue weighted by molar-refractivity contribution is 7.18. The minimum atomic E-state index is -0.849. The summed E-state index contributed by atoms with van der Waals surface area (Å²) in [6, 6.07) is 22.2. The van der Waals surface area contributed by atoms with Crippen molar-refractivity contribution in [1.29, 1.82) is 0 Å². The van der Waals surface area contributed by atoms with Gasteiger partial charge in [-0.15, -0.1) is 10.2 Å². The number of anilines is 2. The van der Waals surface area contributed by atoms with Crippen molar-refractivity contribution < 1.29 is 14.3 Å². The van der Waals surface area contributed by atoms with E-state index in [0.717, 1.165) is 16.9 Å². The normalized spacial score (nSPS) is 11.4. The molecular formula is C25H22ClN5O3S. The molecule has 35 heavy (non-hydrogen) atoms. The molecule has 0 aliphatic carbocycles. The summed E-state index contributed by atoms with van der Waals surface area (Å²) >= 11 is 7.14. The summed E-state index contributed by atoms with van der Waals surface area (Å²) in [6.45, 7) is 0. The molecule has 10 heteroatoms. The first-order chi connectivity index (χ1) is 17.0. The predicted molar refractivity (Wildman–Crippen MR) is 138 cm³/mol. The lowest BCUT2D eigenvalue weighted by Gasteiger charge is -2.18. The number of nitrogens with zero attached hydrogens (tertiary/aromatic N) is 2. The van der Waals surface area contributed by atoms with E-state index in [0.29, 0.717) is 27.3 Å². The van der Waals surface area contributed by atoms with Crippen LogP contribution < -0.4 is 20.7 Å². The number of ether oxygens (including phenoxy) is 1. The maximum absolute atomic E-state index is 13.1. The van der Waals surface area contributed by atoms with Crippen LogP contribution in [0.4, 0.5) is 15.6 Å². The number of carbonyl (C=O) groups excluding carboxylic acids is 2. The number of aromatic nitrogens is 2. The molecule has 4 aromatic rings. The molecular weight excluding hydrogens is 486 g/mol. The summed E-state index contributed by atoms with van der Waals surface area (Å²) in [4.78, 5) is 25.8. The molecule has 1 aromatic heterocycles. The van der Waals surface area contributed by atoms with Gasteiger partial charge in [0, 0.05) is 22.7 Å². The van der Waals surface area contributed by atoms with Crippen LogP contribution in [0.3, 0.4) is 0 Å². The van der Waals surface area contributed by atoms with E-state index in [1.807, 2.05) is 54.6 Å². The molecule has 1 heterocycles. The first kappa shape index (κ1) is 24.2. The first-order valence-electron chi connectivity index (χ1n) is 10.7. The average molecular weight is 508 g/mol. The molecule has 3 N–H and O–H groups in total. The van der Waals surface area contributed by atoms with E-state index in [1.54, 1.807) is 31.4 Å². The number of carbonyl (C=O) groups is 2. The van der Waals surface area contributed by atoms with Crippen LogP contribution in [0, 0.1) is 0 Å². The second kappa shape index (κ2) is 11.5. The van der Waals surface area contributed by atoms with Gasteiger partial charge in [-0.25, -0.2) is 4.79 Å². The van der Waals surface area contributed by atoms with Crippen molar-refractivity contribution in [2.24, 2.45) is 0 Å². The number of hydrogen-bond donors (Lipinski definition) is 3. The van der Waals surface area contributed by atoms with Crippen LogP contribution in [0.15, 0.2) is 78.9 Å². The predicted octanol–water partition coefficient (Wildman–Crippen LogP) is 5.24. The van der Waals surface area contributed by atoms with E-state index in [9.17, 15) is 9.59 Å². The fourth-order valence-electron chi connectivity index (χ4n) is 3.23. The Morgan fingerprint density at radius 1 is 0.943 bits per heavy atom. The molecule has 0 bridgehead atoms. The van der Waals surface area contributed by atoms with E-state index in [-0.39, 0.29) is 0 Å². The zero-order valence-corrected chi connectivity index (χ0v) is 20.3. The van der Waals surface area contributed by atoms with Gasteiger partial charge in [0.15, 0.2) is 0 Å². The van der Waals surface area contributed by atoms with E-state index in [4.69, 9.17) is 16.3 Å². The molecule has 178 valence electrons. The highest BCUT2D eigenvalue weighted by atomic mass is 35.5. The molecule has 0 radical (unpaired) electrons. The molecule has 0 saturated carbocycles. The van der Waals surface area contributed by atoms with Gasteiger partial charge in [-0.3, -0.25) is 10.1 Å². The Labute approximate surface area is 211 Å². The summed E-state index contributed by atoms with van der Waals surface area (Å²) in [6.07, 6.45) is 0.296. The second-order valence-electron chi connectivity index (χ2n) is 7.48. The SMILES string of the molecule is COc1ccc(-c2nnc(NC(=O)C(Cc3ccccc3)NC(=O)Nc3ccc(Cl)cc3)s2)cc1. The van der Waals surface area contributed by atoms with Crippen molar-refractivity contribution in [2.75, 3.05) is 17.7 Å². The number of methoxy groups -OCH3 is 1. The van der Waals surface area contributed by atoms with E-state index < -0.39 is 18.0 Å². The maximum atomic E-state index is 13.1. The standard InChI is InChI=1S/C25H22ClN5O3S/c1-34-20-13-7-17(8-14-20)23-30-31-25(35-23)29-22(32)21(15-16-5-3-2-4-6-16)28-24(33)27-19-11-9-18(26)10-12-19/h2-14,21H,15H2,1H3,(H2,27,28,33)(H,29,31,32). The van der Waals surface area contributed by atoms with Crippen molar-refractivity contribution >= 4 is 45.7 Å². The number of halogens is 1. The highest BCUT2D eigenvalue weighted by Crippen LogP contribution is 2.28. The van der Waals surface area contributed by atoms with Crippen LogP contribution in [-0.2, 0) is 11.2 Å². The van der Waals surface area contributed by atoms with Gasteiger partial charge in [-0.2, -0.15) is 0 Å². The van der Waals surface area contributed by atoms with Crippen molar-refractivity contribution in [2.45, 2.75) is 12.5 Å². The number of amides is 3. The quantitative estimate of drug-likeness (QED) is 0.302. The van der Waals surface area contributed by atoms with Crippen molar-refractivity contribution in [1.82, 2.24) is 15.5 Å². The molecule has 4 rings (SSSR count). The lowest BCUT2D eigenvalue weighted by Crippen LogP contribution is -2.46. The van der Waals surface area contributed by atoms with Gasteiger partial charge in [-0.1, -0.05) is 53.3 Å². The van der Waals surface area contributed by atoms with Crippen molar-refractivity contribution in [3.63, 3.8) is 0 Å². The largest absolute Gasteiger partial charge is 0.497 e. The fourth-order valence-corrected chi connectivity index (χ4v) is 4.11. The zero-order chi connectivity index (χ0) is 24.6. The van der Waals surface area contributed by atoms with E-state index >= 15 is 0 Å². The Hall–Kier alpha value is -3.95. The van der Waals surface area contributed by atoms with Gasteiger partial charge < -0.3 is 15.4 Å². The molecule has 1 atom stereocenters. The summed E-state index contributed by atoms with van der Waals surface area (Å²) in [7, 11) is 1.60. The molecule has 0 aliphatic rings. The Balaban J connectivity index is 1.46. The van der Waals surface area contributed by atoms with Crippen LogP contribution in [-0.4, -0.2) is 35.3 Å². The summed E-state index contributed by atoms with van der Waals surface area (Å²) < 4.78 is 5.18. The molecule has 3 amide bonds. The summed E-state index contributed by atoms with van der Waals surface area (Å²) in [5.74, 6) is 0.330. The lowest BCUT2D eigenvalue weighted by atomic mass is 10.1. The maximum Gasteiger partial charge on any atom is 0.319 e. The van der Waals surface area contributed by atoms with Gasteiger partial charge in [0.25, 0.3) is 0 Å². The molecule has 0 fully saturated rings. The van der Waals surface area contributed by atoms with Gasteiger partial charge >= 0.3 is 6.03 Å². The monoisotopic (exact) mass is 507 g/mol. The second-order valence-corrected chi connectivity index (χ2v) is 8.89. The number of hydrogen-bond acceptors (Lipinski definition) is 6. The average Bonchev–Trinajstić information content (AvgIpc) is 3.34. The number of rotatable bonds is 8. The third-order valence-electron chi connectivity index (χ3n) is 5.00. The van der Waals surface area contributed by atoms with Crippen LogP contribution in [0.1, 0.15) is 5.56 Å². The van der Waals surface area contributed by atoms with Crippen LogP contribution in [0.5, 0.6) is 5.75 Å². The van der Waals surface area contributed by atoms with Crippen molar-refractivity contribution in [3.8, 4) is 16.3 Å². The van der Waals surface area contributed by atoms with Crippen LogP contribution in [0.25, 0.3) is 10.6 Å². The van der Waals surface area contributed by atoms with Gasteiger partial charge in [-0.05, 0) is 54.1 Å². The smallest absolute Gasteiger partial charge is 0.319 e. The Morgan fingerprint density at radius 2 is 1.66 bits per heavy atom. The van der Waals surface area contributed by atoms with Gasteiger partial charge in [0.05, 0.1) is 7.11 Å². The lowest BCUT2D eigenvalue weighted by molar-refractivity contribution is -0.117. The van der Waals surface area contributed by atoms with Crippen LogP contribution in [0.2, 0.25) is 5.02 Å². The van der Waals surface area contributed by atoms with E-state index in [2.05, 4.69) is 26.1 Å². The Morgan fingerprint density at radius 3 is 2.34 bits per heavy atom. The minimum absolute atomic E-state index is 0.296. The minimum Gasteiger partial charge on any atom is -0.497 e. The molecule has 0 spiro atoms. The topological polar surface area (TPSA) is 105 Å². The molecule has 8 nitrogen and oxygen atoms in total. The number of nitrogens with one attached hydrogen (secondary N) is 3. The zero-order valence-electron chi connectivity index (χ0n) is 18.7. The molecule has 0 saturated heterocycles. The number of benzene rings is 3. The molecule has 1 unspecified atom stereocenters. The fraction of sp³-hybridized carbons (Fsp3) is 0.120. The van der Waals surface area contributed by atoms with Gasteiger partial charge in [0.2, 0.25) is 11.0 Å². The Kier molecular flexibility index (Phi) is 7.92. The highest BCUT2D eigenvalue weighted by Gasteiger charge is 2.23. The van der Waals surface area contributed by atoms with Crippen molar-refractivity contribution in [3.05, 3.63) is 89.4 Å². The molecule has 0 aliphatic heterocycles. The molecule has 3 aromatic carbocycles.